The molecule has 0 fully saturated rings. The lowest BCUT2D eigenvalue weighted by Gasteiger charge is -2.18. The van der Waals surface area contributed by atoms with Gasteiger partial charge in [0, 0.05) is 5.02 Å². The van der Waals surface area contributed by atoms with Gasteiger partial charge in [-0.25, -0.2) is 9.18 Å². The molecule has 2 atom stereocenters. The lowest BCUT2D eigenvalue weighted by Crippen LogP contribution is -2.35. The van der Waals surface area contributed by atoms with E-state index in [2.05, 4.69) is 5.32 Å². The summed E-state index contributed by atoms with van der Waals surface area (Å²) in [6, 6.07) is 10.00. The molecule has 0 aromatic heterocycles. The van der Waals surface area contributed by atoms with Gasteiger partial charge >= 0.3 is 5.97 Å². The number of ether oxygens (including phenoxy) is 2. The van der Waals surface area contributed by atoms with Crippen LogP contribution in [-0.4, -0.2) is 24.1 Å². The number of carbonyl (C=O) groups is 2. The normalized spacial score (nSPS) is 12.8. The number of benzene rings is 2. The number of rotatable bonds is 6. The zero-order chi connectivity index (χ0) is 19.3. The van der Waals surface area contributed by atoms with Crippen LogP contribution in [0.3, 0.4) is 0 Å². The molecule has 0 radical (unpaired) electrons. The van der Waals surface area contributed by atoms with E-state index in [9.17, 15) is 14.0 Å². The number of hydrogen-bond donors (Lipinski definition) is 1. The molecule has 0 bridgehead atoms. The van der Waals surface area contributed by atoms with Crippen molar-refractivity contribution >= 4 is 40.8 Å². The molecule has 2 aromatic rings. The first-order chi connectivity index (χ1) is 12.3. The van der Waals surface area contributed by atoms with Gasteiger partial charge in [0.1, 0.15) is 11.6 Å². The van der Waals surface area contributed by atoms with Gasteiger partial charge in [0.15, 0.2) is 12.2 Å². The Morgan fingerprint density at radius 3 is 2.31 bits per heavy atom. The average Bonchev–Trinajstić information content (AvgIpc) is 2.59. The summed E-state index contributed by atoms with van der Waals surface area (Å²) in [5.74, 6) is -1.41. The maximum absolute atomic E-state index is 13.0. The molecule has 8 heteroatoms. The number of amides is 1. The second-order valence-electron chi connectivity index (χ2n) is 5.41. The summed E-state index contributed by atoms with van der Waals surface area (Å²) in [4.78, 5) is 24.2. The minimum Gasteiger partial charge on any atom is -0.479 e. The van der Waals surface area contributed by atoms with E-state index in [4.69, 9.17) is 32.7 Å². The molecule has 2 rings (SSSR count). The summed E-state index contributed by atoms with van der Waals surface area (Å²) in [6.07, 6.45) is -2.03. The van der Waals surface area contributed by atoms with E-state index in [1.54, 1.807) is 24.3 Å². The van der Waals surface area contributed by atoms with E-state index in [1.165, 1.54) is 19.9 Å². The van der Waals surface area contributed by atoms with Crippen molar-refractivity contribution in [2.45, 2.75) is 26.1 Å². The number of halogens is 3. The Kier molecular flexibility index (Phi) is 6.83. The molecular weight excluding hydrogens is 384 g/mol. The fourth-order valence-corrected chi connectivity index (χ4v) is 2.25. The van der Waals surface area contributed by atoms with Gasteiger partial charge in [-0.2, -0.15) is 0 Å². The van der Waals surface area contributed by atoms with E-state index < -0.39 is 29.9 Å². The number of esters is 1. The number of carbonyl (C=O) groups excluding carboxylic acids is 2. The molecule has 2 aromatic carbocycles. The summed E-state index contributed by atoms with van der Waals surface area (Å²) < 4.78 is 23.5. The highest BCUT2D eigenvalue weighted by Crippen LogP contribution is 2.23. The van der Waals surface area contributed by atoms with Gasteiger partial charge in [-0.15, -0.1) is 0 Å². The molecule has 5 nitrogen and oxygen atoms in total. The molecule has 0 saturated carbocycles. The van der Waals surface area contributed by atoms with Gasteiger partial charge in [-0.1, -0.05) is 23.2 Å². The first kappa shape index (κ1) is 20.0. The van der Waals surface area contributed by atoms with Crippen LogP contribution in [0.2, 0.25) is 10.0 Å². The Hall–Kier alpha value is -2.31. The van der Waals surface area contributed by atoms with Crippen molar-refractivity contribution in [2.75, 3.05) is 5.32 Å². The third kappa shape index (κ3) is 5.61. The molecule has 1 N–H and O–H groups in total. The smallest absolute Gasteiger partial charge is 0.347 e. The zero-order valence-corrected chi connectivity index (χ0v) is 15.5. The maximum atomic E-state index is 13.0. The van der Waals surface area contributed by atoms with Crippen LogP contribution in [0.1, 0.15) is 13.8 Å². The third-order valence-electron chi connectivity index (χ3n) is 3.31. The van der Waals surface area contributed by atoms with Crippen LogP contribution < -0.4 is 10.1 Å². The molecule has 0 unspecified atom stereocenters. The topological polar surface area (TPSA) is 64.6 Å². The average molecular weight is 400 g/mol. The predicted molar refractivity (Wildman–Crippen MR) is 97.1 cm³/mol. The first-order valence-corrected chi connectivity index (χ1v) is 8.40. The summed E-state index contributed by atoms with van der Waals surface area (Å²) in [5.41, 5.74) is 0.214. The van der Waals surface area contributed by atoms with Gasteiger partial charge in [0.25, 0.3) is 5.91 Å². The van der Waals surface area contributed by atoms with Crippen LogP contribution in [0.15, 0.2) is 42.5 Å². The Morgan fingerprint density at radius 1 is 1.04 bits per heavy atom. The molecule has 1 amide bonds. The van der Waals surface area contributed by atoms with E-state index in [-0.39, 0.29) is 10.7 Å². The lowest BCUT2D eigenvalue weighted by atomic mass is 10.3. The lowest BCUT2D eigenvalue weighted by molar-refractivity contribution is -0.159. The van der Waals surface area contributed by atoms with Gasteiger partial charge in [-0.3, -0.25) is 4.79 Å². The van der Waals surface area contributed by atoms with Gasteiger partial charge in [0.05, 0.1) is 10.7 Å². The molecule has 0 saturated heterocycles. The van der Waals surface area contributed by atoms with Crippen LogP contribution in [0, 0.1) is 5.82 Å². The first-order valence-electron chi connectivity index (χ1n) is 7.65. The van der Waals surface area contributed by atoms with Crippen molar-refractivity contribution in [3.63, 3.8) is 0 Å². The highest BCUT2D eigenvalue weighted by molar-refractivity contribution is 6.33. The Bertz CT molecular complexity index is 798. The minimum absolute atomic E-state index is 0.0383. The third-order valence-corrected chi connectivity index (χ3v) is 3.87. The van der Waals surface area contributed by atoms with Crippen molar-refractivity contribution in [1.29, 1.82) is 0 Å². The van der Waals surface area contributed by atoms with Crippen LogP contribution in [-0.2, 0) is 14.3 Å². The fraction of sp³-hybridized carbons (Fsp3) is 0.222. The molecule has 0 aliphatic carbocycles. The highest BCUT2D eigenvalue weighted by Gasteiger charge is 2.23. The second-order valence-corrected chi connectivity index (χ2v) is 6.25. The predicted octanol–water partition coefficient (Wildman–Crippen LogP) is 4.47. The monoisotopic (exact) mass is 399 g/mol. The maximum Gasteiger partial charge on any atom is 0.347 e. The number of nitrogens with one attached hydrogen (secondary N) is 1. The summed E-state index contributed by atoms with van der Waals surface area (Å²) in [6.45, 7) is 2.90. The molecule has 0 spiro atoms. The van der Waals surface area contributed by atoms with E-state index in [0.717, 1.165) is 12.1 Å². The number of hydrogen-bond acceptors (Lipinski definition) is 4. The van der Waals surface area contributed by atoms with Crippen molar-refractivity contribution < 1.29 is 23.5 Å². The molecule has 0 aliphatic heterocycles. The standard InChI is InChI=1S/C18H16Cl2FNO4/c1-10(17(23)22-16-8-5-13(21)9-15(16)20)26-18(24)11(2)25-14-6-3-12(19)4-7-14/h3-11H,1-2H3,(H,22,23)/t10-,11+/m1/s1. The molecule has 138 valence electrons. The van der Waals surface area contributed by atoms with Gasteiger partial charge in [-0.05, 0) is 56.3 Å². The van der Waals surface area contributed by atoms with Gasteiger partial charge in [0.2, 0.25) is 0 Å². The van der Waals surface area contributed by atoms with E-state index in [1.807, 2.05) is 0 Å². The molecule has 0 heterocycles. The van der Waals surface area contributed by atoms with E-state index in [0.29, 0.717) is 10.8 Å². The zero-order valence-electron chi connectivity index (χ0n) is 14.0. The van der Waals surface area contributed by atoms with Crippen molar-refractivity contribution in [2.24, 2.45) is 0 Å². The highest BCUT2D eigenvalue weighted by atomic mass is 35.5. The minimum atomic E-state index is -1.10. The summed E-state index contributed by atoms with van der Waals surface area (Å²) >= 11 is 11.6. The van der Waals surface area contributed by atoms with Crippen molar-refractivity contribution in [3.05, 3.63) is 58.3 Å². The van der Waals surface area contributed by atoms with Crippen molar-refractivity contribution in [3.8, 4) is 5.75 Å². The molecular formula is C18H16Cl2FNO4. The van der Waals surface area contributed by atoms with Crippen LogP contribution in [0.25, 0.3) is 0 Å². The summed E-state index contributed by atoms with van der Waals surface area (Å²) in [5, 5.41) is 3.04. The largest absolute Gasteiger partial charge is 0.479 e. The van der Waals surface area contributed by atoms with E-state index >= 15 is 0 Å². The summed E-state index contributed by atoms with van der Waals surface area (Å²) in [7, 11) is 0. The SMILES string of the molecule is C[C@H](Oc1ccc(Cl)cc1)C(=O)O[C@H](C)C(=O)Nc1ccc(F)cc1Cl. The fourth-order valence-electron chi connectivity index (χ4n) is 1.91. The Balaban J connectivity index is 1.90. The van der Waals surface area contributed by atoms with Crippen molar-refractivity contribution in [1.82, 2.24) is 0 Å². The Morgan fingerprint density at radius 2 is 1.69 bits per heavy atom. The van der Waals surface area contributed by atoms with Gasteiger partial charge < -0.3 is 14.8 Å². The molecule has 26 heavy (non-hydrogen) atoms. The van der Waals surface area contributed by atoms with Crippen LogP contribution in [0.5, 0.6) is 5.75 Å². The Labute approximate surface area is 160 Å². The molecule has 0 aliphatic rings. The number of anilines is 1. The van der Waals surface area contributed by atoms with Crippen LogP contribution >= 0.6 is 23.2 Å². The second kappa shape index (κ2) is 8.87. The van der Waals surface area contributed by atoms with Crippen LogP contribution in [0.4, 0.5) is 10.1 Å². The quantitative estimate of drug-likeness (QED) is 0.727.